The topological polar surface area (TPSA) is 143 Å². The molecule has 3 heterocycles. The highest BCUT2D eigenvalue weighted by molar-refractivity contribution is 7.97. The van der Waals surface area contributed by atoms with E-state index < -0.39 is 52.5 Å². The number of piperidine rings is 1. The molecule has 1 aliphatic carbocycles. The number of aromatic nitrogens is 1. The van der Waals surface area contributed by atoms with Crippen LogP contribution in [-0.2, 0) is 21.9 Å². The number of aromatic hydroxyl groups is 2. The zero-order chi connectivity index (χ0) is 44.2. The summed E-state index contributed by atoms with van der Waals surface area (Å²) in [7, 11) is 0. The average Bonchev–Trinajstić information content (AvgIpc) is 3.88. The molecule has 5 rings (SSSR count). The number of nitrogens with one attached hydrogen (secondary N) is 1. The van der Waals surface area contributed by atoms with Gasteiger partial charge in [-0.25, -0.2) is 0 Å². The SMILES string of the molecule is CC1CCCC1.CCCC1C(C(=O)N(CCC)CCC(O)c2ccccc2O)CCCN1C(=O)c1ncccc1C(F)(F)F.CSNC=O.Oc1csc(C(F)(F)F)c1. The van der Waals surface area contributed by atoms with E-state index in [1.54, 1.807) is 29.4 Å². The maximum atomic E-state index is 13.8. The fourth-order valence-corrected chi connectivity index (χ4v) is 7.62. The molecule has 2 aliphatic rings. The zero-order valence-corrected chi connectivity index (χ0v) is 35.4. The number of amides is 3. The quantitative estimate of drug-likeness (QED) is 0.0801. The number of hydrogen-bond acceptors (Lipinski definition) is 9. The molecule has 3 unspecified atom stereocenters. The van der Waals surface area contributed by atoms with Gasteiger partial charge in [0.1, 0.15) is 22.1 Å². The molecule has 4 N–H and O–H groups in total. The van der Waals surface area contributed by atoms with E-state index in [1.807, 2.05) is 13.8 Å². The van der Waals surface area contributed by atoms with Crippen LogP contribution in [-0.4, -0.2) is 80.3 Å². The van der Waals surface area contributed by atoms with E-state index in [9.17, 15) is 50.9 Å². The van der Waals surface area contributed by atoms with Crippen LogP contribution < -0.4 is 4.72 Å². The Balaban J connectivity index is 0.000000459. The van der Waals surface area contributed by atoms with Crippen molar-refractivity contribution in [3.05, 3.63) is 75.7 Å². The number of hydrogen-bond donors (Lipinski definition) is 4. The lowest BCUT2D eigenvalue weighted by Crippen LogP contribution is -2.54. The van der Waals surface area contributed by atoms with E-state index in [-0.39, 0.29) is 36.9 Å². The zero-order valence-electron chi connectivity index (χ0n) is 33.8. The highest BCUT2D eigenvalue weighted by atomic mass is 32.2. The van der Waals surface area contributed by atoms with Crippen molar-refractivity contribution in [2.75, 3.05) is 25.9 Å². The number of carbonyl (C=O) groups is 3. The maximum Gasteiger partial charge on any atom is 0.425 e. The number of para-hydroxylation sites is 1. The van der Waals surface area contributed by atoms with Gasteiger partial charge in [-0.15, -0.1) is 11.3 Å². The average molecular weight is 879 g/mol. The Morgan fingerprint density at radius 1 is 1.00 bits per heavy atom. The molecule has 1 aromatic carbocycles. The summed E-state index contributed by atoms with van der Waals surface area (Å²) in [5.74, 6) is -0.873. The highest BCUT2D eigenvalue weighted by Gasteiger charge is 2.43. The van der Waals surface area contributed by atoms with Crippen LogP contribution in [0.2, 0.25) is 0 Å². The lowest BCUT2D eigenvalue weighted by Gasteiger charge is -2.42. The van der Waals surface area contributed by atoms with Crippen molar-refractivity contribution in [2.24, 2.45) is 11.8 Å². The van der Waals surface area contributed by atoms with Crippen LogP contribution >= 0.6 is 23.3 Å². The number of carbonyl (C=O) groups excluding carboxylic acids is 3. The number of nitrogens with zero attached hydrogens (tertiary/aromatic N) is 3. The number of phenols is 1. The van der Waals surface area contributed by atoms with Gasteiger partial charge in [0.05, 0.1) is 17.6 Å². The minimum absolute atomic E-state index is 0.0226. The molecule has 0 radical (unpaired) electrons. The van der Waals surface area contributed by atoms with Crippen molar-refractivity contribution in [1.29, 1.82) is 0 Å². The molecule has 2 aromatic heterocycles. The Bertz CT molecular complexity index is 1710. The number of likely N-dealkylation sites (tertiary alicyclic amines) is 1. The molecule has 1 saturated carbocycles. The Morgan fingerprint density at radius 2 is 1.68 bits per heavy atom. The summed E-state index contributed by atoms with van der Waals surface area (Å²) in [4.78, 5) is 42.5. The second-order valence-electron chi connectivity index (χ2n) is 14.2. The molecule has 10 nitrogen and oxygen atoms in total. The second-order valence-corrected chi connectivity index (χ2v) is 15.7. The normalized spacial score (nSPS) is 17.2. The van der Waals surface area contributed by atoms with Crippen LogP contribution in [0.1, 0.15) is 118 Å². The van der Waals surface area contributed by atoms with E-state index in [0.29, 0.717) is 68.0 Å². The number of aliphatic hydroxyl groups is 1. The van der Waals surface area contributed by atoms with Crippen molar-refractivity contribution in [1.82, 2.24) is 19.5 Å². The molecule has 1 aliphatic heterocycles. The van der Waals surface area contributed by atoms with Gasteiger partial charge in [-0.3, -0.25) is 19.4 Å². The molecule has 3 atom stereocenters. The monoisotopic (exact) mass is 878 g/mol. The van der Waals surface area contributed by atoms with Gasteiger partial charge in [-0.1, -0.05) is 83.0 Å². The maximum absolute atomic E-state index is 13.8. The van der Waals surface area contributed by atoms with Crippen LogP contribution in [0, 0.1) is 11.8 Å². The molecule has 330 valence electrons. The summed E-state index contributed by atoms with van der Waals surface area (Å²) in [5, 5.41) is 30.2. The fourth-order valence-electron chi connectivity index (χ4n) is 6.88. The number of benzene rings is 1. The third-order valence-corrected chi connectivity index (χ3v) is 11.0. The number of aliphatic hydroxyl groups excluding tert-OH is 1. The Labute approximate surface area is 350 Å². The van der Waals surface area contributed by atoms with E-state index >= 15 is 0 Å². The number of pyridine rings is 1. The molecule has 3 aromatic rings. The molecular formula is C41H56F6N4O6S2. The van der Waals surface area contributed by atoms with Crippen LogP contribution in [0.4, 0.5) is 26.3 Å². The summed E-state index contributed by atoms with van der Waals surface area (Å²) in [6.07, 6.45) is 2.52. The fraction of sp³-hybridized carbons (Fsp3) is 0.561. The predicted octanol–water partition coefficient (Wildman–Crippen LogP) is 9.87. The van der Waals surface area contributed by atoms with Gasteiger partial charge in [-0.2, -0.15) is 26.3 Å². The minimum Gasteiger partial charge on any atom is -0.508 e. The van der Waals surface area contributed by atoms with Crippen LogP contribution in [0.5, 0.6) is 11.5 Å². The number of rotatable bonds is 12. The standard InChI is InChI=1S/C28H36F3N3O4.C6H12.C5H3F3OS.C2H5NOS/c1-3-9-22-19(11-8-17-34(22)27(38)25-21(28(29,30)31)12-7-15-32-25)26(37)33(16-4-2)18-14-24(36)20-10-5-6-13-23(20)35;1-6-4-2-3-5-6;6-5(7,8)4-1-3(9)2-10-4;1-5-3-2-4/h5-7,10,12-13,15,19,22,24,35-36H,3-4,8-9,11,14,16-18H2,1-2H3;6H,2-5H2,1H3;1-2,9H;2H,1H3,(H,3,4). The van der Waals surface area contributed by atoms with E-state index in [1.165, 1.54) is 54.8 Å². The Morgan fingerprint density at radius 3 is 2.15 bits per heavy atom. The van der Waals surface area contributed by atoms with Gasteiger partial charge in [-0.05, 0) is 56.2 Å². The second kappa shape index (κ2) is 25.6. The van der Waals surface area contributed by atoms with E-state index in [0.717, 1.165) is 23.4 Å². The summed E-state index contributed by atoms with van der Waals surface area (Å²) in [5.41, 5.74) is -1.35. The molecular weight excluding hydrogens is 823 g/mol. The first kappa shape index (κ1) is 51.1. The van der Waals surface area contributed by atoms with Gasteiger partial charge in [0.25, 0.3) is 5.91 Å². The third kappa shape index (κ3) is 16.9. The first-order valence-corrected chi connectivity index (χ1v) is 21.7. The third-order valence-electron chi connectivity index (χ3n) is 9.71. The van der Waals surface area contributed by atoms with Crippen molar-refractivity contribution >= 4 is 41.5 Å². The van der Waals surface area contributed by atoms with Gasteiger partial charge in [0.15, 0.2) is 0 Å². The number of thiophene rings is 1. The lowest BCUT2D eigenvalue weighted by molar-refractivity contribution is -0.140. The Hall–Kier alpha value is -4.03. The molecule has 1 saturated heterocycles. The smallest absolute Gasteiger partial charge is 0.425 e. The van der Waals surface area contributed by atoms with Gasteiger partial charge >= 0.3 is 12.4 Å². The molecule has 0 bridgehead atoms. The first-order valence-electron chi connectivity index (χ1n) is 19.6. The lowest BCUT2D eigenvalue weighted by atomic mass is 9.84. The van der Waals surface area contributed by atoms with Crippen LogP contribution in [0.15, 0.2) is 54.0 Å². The molecule has 0 spiro atoms. The van der Waals surface area contributed by atoms with Crippen molar-refractivity contribution < 1.29 is 56.0 Å². The van der Waals surface area contributed by atoms with E-state index in [4.69, 9.17) is 5.11 Å². The van der Waals surface area contributed by atoms with Crippen molar-refractivity contribution in [3.63, 3.8) is 0 Å². The summed E-state index contributed by atoms with van der Waals surface area (Å²) in [6, 6.07) is 8.62. The van der Waals surface area contributed by atoms with Crippen LogP contribution in [0.25, 0.3) is 0 Å². The van der Waals surface area contributed by atoms with Crippen LogP contribution in [0.3, 0.4) is 0 Å². The number of phenolic OH excluding ortho intramolecular Hbond substituents is 1. The van der Waals surface area contributed by atoms with Gasteiger partial charge < -0.3 is 29.8 Å². The van der Waals surface area contributed by atoms with Gasteiger partial charge in [0.2, 0.25) is 12.3 Å². The summed E-state index contributed by atoms with van der Waals surface area (Å²) in [6.45, 7) is 7.11. The summed E-state index contributed by atoms with van der Waals surface area (Å²) < 4.78 is 78.3. The largest absolute Gasteiger partial charge is 0.508 e. The Kier molecular flexibility index (Phi) is 22.1. The van der Waals surface area contributed by atoms with Gasteiger partial charge in [0, 0.05) is 55.1 Å². The van der Waals surface area contributed by atoms with Crippen molar-refractivity contribution in [2.45, 2.75) is 109 Å². The molecule has 2 fully saturated rings. The first-order chi connectivity index (χ1) is 27.9. The predicted molar refractivity (Wildman–Crippen MR) is 218 cm³/mol. The molecule has 18 heteroatoms. The summed E-state index contributed by atoms with van der Waals surface area (Å²) >= 11 is 1.77. The van der Waals surface area contributed by atoms with E-state index in [2.05, 4.69) is 16.6 Å². The highest BCUT2D eigenvalue weighted by Crippen LogP contribution is 2.37. The number of halogens is 6. The number of alkyl halides is 6. The molecule has 59 heavy (non-hydrogen) atoms. The molecule has 3 amide bonds. The van der Waals surface area contributed by atoms with Crippen molar-refractivity contribution in [3.8, 4) is 11.5 Å². The minimum atomic E-state index is -4.73.